The summed E-state index contributed by atoms with van der Waals surface area (Å²) in [5.74, 6) is -1.45. The van der Waals surface area contributed by atoms with Gasteiger partial charge in [-0.05, 0) is 73.7 Å². The zero-order valence-corrected chi connectivity index (χ0v) is 23.9. The maximum absolute atomic E-state index is 13.4. The number of amides is 3. The van der Waals surface area contributed by atoms with Crippen LogP contribution in [0.4, 0.5) is 0 Å². The zero-order chi connectivity index (χ0) is 30.1. The van der Waals surface area contributed by atoms with Crippen LogP contribution in [-0.4, -0.2) is 54.1 Å². The van der Waals surface area contributed by atoms with Crippen LogP contribution in [0.2, 0.25) is 0 Å². The number of nitrogens with zero attached hydrogens (tertiary/aromatic N) is 1. The van der Waals surface area contributed by atoms with Crippen LogP contribution in [0.3, 0.4) is 0 Å². The van der Waals surface area contributed by atoms with Gasteiger partial charge in [-0.2, -0.15) is 0 Å². The summed E-state index contributed by atoms with van der Waals surface area (Å²) < 4.78 is 5.29. The van der Waals surface area contributed by atoms with Crippen molar-refractivity contribution in [2.24, 2.45) is 0 Å². The van der Waals surface area contributed by atoms with Gasteiger partial charge in [-0.15, -0.1) is 0 Å². The SMILES string of the molecule is CCCOC(=O)CC(NC(=O)c1ccc(C(=O)N2CCCC2)c(C)c1)c1cccc(C(=N)NC(=O)c2ccccc2)c1. The van der Waals surface area contributed by atoms with E-state index in [0.29, 0.717) is 39.8 Å². The first-order chi connectivity index (χ1) is 20.3. The molecular weight excluding hydrogens is 532 g/mol. The molecule has 0 spiro atoms. The highest BCUT2D eigenvalue weighted by atomic mass is 16.5. The summed E-state index contributed by atoms with van der Waals surface area (Å²) in [5, 5.41) is 14.0. The fourth-order valence-corrected chi connectivity index (χ4v) is 4.83. The van der Waals surface area contributed by atoms with Crippen LogP contribution in [0.5, 0.6) is 0 Å². The van der Waals surface area contributed by atoms with E-state index in [2.05, 4.69) is 10.6 Å². The monoisotopic (exact) mass is 568 g/mol. The van der Waals surface area contributed by atoms with E-state index in [4.69, 9.17) is 10.1 Å². The van der Waals surface area contributed by atoms with Gasteiger partial charge in [-0.1, -0.05) is 43.3 Å². The number of carbonyl (C=O) groups excluding carboxylic acids is 4. The van der Waals surface area contributed by atoms with Gasteiger partial charge in [0.25, 0.3) is 17.7 Å². The molecule has 3 aromatic rings. The summed E-state index contributed by atoms with van der Waals surface area (Å²) in [7, 11) is 0. The zero-order valence-electron chi connectivity index (χ0n) is 23.9. The van der Waals surface area contributed by atoms with Crippen LogP contribution in [0.15, 0.2) is 72.8 Å². The molecule has 0 aliphatic carbocycles. The minimum atomic E-state index is -0.759. The molecule has 3 aromatic carbocycles. The lowest BCUT2D eigenvalue weighted by atomic mass is 9.99. The Kier molecular flexibility index (Phi) is 10.2. The summed E-state index contributed by atoms with van der Waals surface area (Å²) in [6.07, 6.45) is 2.53. The van der Waals surface area contributed by atoms with E-state index in [1.807, 2.05) is 11.8 Å². The Morgan fingerprint density at radius 3 is 2.29 bits per heavy atom. The van der Waals surface area contributed by atoms with Gasteiger partial charge in [0.2, 0.25) is 0 Å². The third-order valence-corrected chi connectivity index (χ3v) is 7.11. The summed E-state index contributed by atoms with van der Waals surface area (Å²) in [6, 6.07) is 19.6. The van der Waals surface area contributed by atoms with E-state index >= 15 is 0 Å². The number of rotatable bonds is 10. The van der Waals surface area contributed by atoms with Crippen molar-refractivity contribution in [3.63, 3.8) is 0 Å². The lowest BCUT2D eigenvalue weighted by Crippen LogP contribution is -2.32. The number of likely N-dealkylation sites (tertiary alicyclic amines) is 1. The first-order valence-electron chi connectivity index (χ1n) is 14.2. The Morgan fingerprint density at radius 2 is 1.60 bits per heavy atom. The highest BCUT2D eigenvalue weighted by Gasteiger charge is 2.24. The Balaban J connectivity index is 1.53. The molecule has 1 unspecified atom stereocenters. The van der Waals surface area contributed by atoms with E-state index in [1.165, 1.54) is 0 Å². The van der Waals surface area contributed by atoms with E-state index in [9.17, 15) is 19.2 Å². The van der Waals surface area contributed by atoms with Crippen molar-refractivity contribution in [1.82, 2.24) is 15.5 Å². The molecule has 1 saturated heterocycles. The van der Waals surface area contributed by atoms with Crippen molar-refractivity contribution in [3.05, 3.63) is 106 Å². The quantitative estimate of drug-likeness (QED) is 0.184. The van der Waals surface area contributed by atoms with Crippen molar-refractivity contribution in [2.45, 2.75) is 45.6 Å². The number of nitrogens with one attached hydrogen (secondary N) is 3. The third-order valence-electron chi connectivity index (χ3n) is 7.11. The predicted molar refractivity (Wildman–Crippen MR) is 160 cm³/mol. The van der Waals surface area contributed by atoms with Gasteiger partial charge < -0.3 is 20.3 Å². The number of amidine groups is 1. The fourth-order valence-electron chi connectivity index (χ4n) is 4.83. The third kappa shape index (κ3) is 7.69. The van der Waals surface area contributed by atoms with Gasteiger partial charge in [0.1, 0.15) is 5.84 Å². The number of hydrogen-bond donors (Lipinski definition) is 3. The minimum Gasteiger partial charge on any atom is -0.466 e. The number of aryl methyl sites for hydroxylation is 1. The first-order valence-corrected chi connectivity index (χ1v) is 14.2. The standard InChI is InChI=1S/C33H36N4O5/c1-3-18-42-29(38)21-28(24-12-9-13-25(20-24)30(34)36-31(39)23-10-5-4-6-11-23)35-32(40)26-14-15-27(22(2)19-26)33(41)37-16-7-8-17-37/h4-6,9-15,19-20,28H,3,7-8,16-18,21H2,1-2H3,(H,35,40)(H2,34,36,39). The molecule has 0 radical (unpaired) electrons. The van der Waals surface area contributed by atoms with Crippen LogP contribution in [-0.2, 0) is 9.53 Å². The lowest BCUT2D eigenvalue weighted by molar-refractivity contribution is -0.144. The second-order valence-corrected chi connectivity index (χ2v) is 10.3. The van der Waals surface area contributed by atoms with Crippen molar-refractivity contribution >= 4 is 29.5 Å². The molecule has 0 saturated carbocycles. The second kappa shape index (κ2) is 14.2. The summed E-state index contributed by atoms with van der Waals surface area (Å²) >= 11 is 0. The highest BCUT2D eigenvalue weighted by molar-refractivity contribution is 6.11. The number of hydrogen-bond acceptors (Lipinski definition) is 6. The topological polar surface area (TPSA) is 129 Å². The average Bonchev–Trinajstić information content (AvgIpc) is 3.55. The van der Waals surface area contributed by atoms with Crippen molar-refractivity contribution in [3.8, 4) is 0 Å². The number of ether oxygens (including phenoxy) is 1. The van der Waals surface area contributed by atoms with Crippen LogP contribution in [0.25, 0.3) is 0 Å². The summed E-state index contributed by atoms with van der Waals surface area (Å²) in [6.45, 7) is 5.44. The molecule has 218 valence electrons. The molecule has 1 heterocycles. The van der Waals surface area contributed by atoms with Crippen molar-refractivity contribution in [2.75, 3.05) is 19.7 Å². The first kappa shape index (κ1) is 30.2. The van der Waals surface area contributed by atoms with E-state index in [0.717, 1.165) is 25.9 Å². The predicted octanol–water partition coefficient (Wildman–Crippen LogP) is 4.80. The Morgan fingerprint density at radius 1 is 0.881 bits per heavy atom. The second-order valence-electron chi connectivity index (χ2n) is 10.3. The molecule has 3 N–H and O–H groups in total. The van der Waals surface area contributed by atoms with Crippen LogP contribution in [0.1, 0.15) is 86.4 Å². The summed E-state index contributed by atoms with van der Waals surface area (Å²) in [5.41, 5.74) is 3.03. The molecule has 1 aliphatic heterocycles. The van der Waals surface area contributed by atoms with Gasteiger partial charge >= 0.3 is 5.97 Å². The smallest absolute Gasteiger partial charge is 0.308 e. The van der Waals surface area contributed by atoms with Gasteiger partial charge in [-0.25, -0.2) is 0 Å². The molecule has 9 nitrogen and oxygen atoms in total. The lowest BCUT2D eigenvalue weighted by Gasteiger charge is -2.20. The highest BCUT2D eigenvalue weighted by Crippen LogP contribution is 2.22. The van der Waals surface area contributed by atoms with Gasteiger partial charge in [0.15, 0.2) is 0 Å². The molecule has 42 heavy (non-hydrogen) atoms. The molecule has 1 aliphatic rings. The van der Waals surface area contributed by atoms with Gasteiger partial charge in [0, 0.05) is 35.3 Å². The molecule has 0 aromatic heterocycles. The van der Waals surface area contributed by atoms with Crippen molar-refractivity contribution in [1.29, 1.82) is 5.41 Å². The molecule has 0 bridgehead atoms. The average molecular weight is 569 g/mol. The number of esters is 1. The molecule has 1 atom stereocenters. The van der Waals surface area contributed by atoms with Gasteiger partial charge in [-0.3, -0.25) is 24.6 Å². The Bertz CT molecular complexity index is 1460. The van der Waals surface area contributed by atoms with Crippen molar-refractivity contribution < 1.29 is 23.9 Å². The van der Waals surface area contributed by atoms with E-state index < -0.39 is 23.8 Å². The largest absolute Gasteiger partial charge is 0.466 e. The van der Waals surface area contributed by atoms with E-state index in [1.54, 1.807) is 79.7 Å². The number of benzene rings is 3. The Labute approximate surface area is 245 Å². The van der Waals surface area contributed by atoms with E-state index in [-0.39, 0.29) is 24.8 Å². The van der Waals surface area contributed by atoms with Crippen LogP contribution >= 0.6 is 0 Å². The Hall–Kier alpha value is -4.79. The van der Waals surface area contributed by atoms with Crippen LogP contribution in [0, 0.1) is 12.3 Å². The molecule has 9 heteroatoms. The maximum atomic E-state index is 13.4. The normalized spacial score (nSPS) is 13.2. The fraction of sp³-hybridized carbons (Fsp3) is 0.303. The van der Waals surface area contributed by atoms with Gasteiger partial charge in [0.05, 0.1) is 19.1 Å². The number of carbonyl (C=O) groups is 4. The maximum Gasteiger partial charge on any atom is 0.308 e. The summed E-state index contributed by atoms with van der Waals surface area (Å²) in [4.78, 5) is 53.3. The molecule has 3 amide bonds. The molecule has 4 rings (SSSR count). The molecule has 1 fully saturated rings. The minimum absolute atomic E-state index is 0.0351. The molecular formula is C33H36N4O5. The van der Waals surface area contributed by atoms with Crippen LogP contribution < -0.4 is 10.6 Å².